The number of anilines is 1. The Bertz CT molecular complexity index is 870. The molecule has 0 saturated carbocycles. The maximum atomic E-state index is 12.6. The molecule has 11 heteroatoms. The smallest absolute Gasteiger partial charge is 0.252 e. The molecule has 10 nitrogen and oxygen atoms in total. The lowest BCUT2D eigenvalue weighted by atomic mass is 10.3. The molecule has 1 saturated heterocycles. The standard InChI is InChI=1S/C19H26N8O2.HI/c1-3-21-19(23-8-7-22-18(29)15-5-4-6-20-11-15)26-9-10-27(17(28)14-26)16-12-24-25(2)13-16;/h4-6,11-13H,3,7-10,14H2,1-2H3,(H,21,23)(H,22,29);1H. The first kappa shape index (κ1) is 23.6. The van der Waals surface area contributed by atoms with E-state index in [-0.39, 0.29) is 42.3 Å². The van der Waals surface area contributed by atoms with E-state index in [0.717, 1.165) is 5.69 Å². The van der Waals surface area contributed by atoms with Crippen molar-refractivity contribution in [3.8, 4) is 0 Å². The Kier molecular flexibility index (Phi) is 9.02. The molecule has 3 rings (SSSR count). The summed E-state index contributed by atoms with van der Waals surface area (Å²) in [6, 6.07) is 3.43. The van der Waals surface area contributed by atoms with Gasteiger partial charge in [-0.1, -0.05) is 0 Å². The van der Waals surface area contributed by atoms with Crippen molar-refractivity contribution in [2.24, 2.45) is 12.0 Å². The van der Waals surface area contributed by atoms with Gasteiger partial charge in [-0.05, 0) is 19.1 Å². The van der Waals surface area contributed by atoms with Crippen LogP contribution in [0.25, 0.3) is 0 Å². The fourth-order valence-electron chi connectivity index (χ4n) is 3.03. The van der Waals surface area contributed by atoms with Gasteiger partial charge in [0, 0.05) is 51.8 Å². The fourth-order valence-corrected chi connectivity index (χ4v) is 3.03. The van der Waals surface area contributed by atoms with Crippen LogP contribution in [0.5, 0.6) is 0 Å². The summed E-state index contributed by atoms with van der Waals surface area (Å²) >= 11 is 0. The number of piperazine rings is 1. The predicted octanol–water partition coefficient (Wildman–Crippen LogP) is 0.477. The molecule has 3 heterocycles. The molecule has 1 aliphatic rings. The molecule has 1 aliphatic heterocycles. The number of pyridine rings is 1. The number of carbonyl (C=O) groups is 2. The molecule has 0 unspecified atom stereocenters. The van der Waals surface area contributed by atoms with Gasteiger partial charge in [0.25, 0.3) is 5.91 Å². The second kappa shape index (κ2) is 11.5. The Morgan fingerprint density at radius 1 is 1.27 bits per heavy atom. The third kappa shape index (κ3) is 6.15. The normalized spacial score (nSPS) is 14.3. The maximum absolute atomic E-state index is 12.6. The Hall–Kier alpha value is -2.70. The van der Waals surface area contributed by atoms with Crippen LogP contribution in [0.1, 0.15) is 17.3 Å². The van der Waals surface area contributed by atoms with Crippen molar-refractivity contribution >= 4 is 47.4 Å². The summed E-state index contributed by atoms with van der Waals surface area (Å²) in [5, 5.41) is 10.2. The quantitative estimate of drug-likeness (QED) is 0.246. The summed E-state index contributed by atoms with van der Waals surface area (Å²) in [6.45, 7) is 4.94. The summed E-state index contributed by atoms with van der Waals surface area (Å²) in [5.74, 6) is 0.487. The van der Waals surface area contributed by atoms with Gasteiger partial charge in [-0.3, -0.25) is 24.2 Å². The van der Waals surface area contributed by atoms with E-state index in [9.17, 15) is 9.59 Å². The lowest BCUT2D eigenvalue weighted by Crippen LogP contribution is -2.55. The number of aryl methyl sites for hydroxylation is 1. The molecule has 0 spiro atoms. The minimum Gasteiger partial charge on any atom is -0.357 e. The molecule has 0 radical (unpaired) electrons. The lowest BCUT2D eigenvalue weighted by molar-refractivity contribution is -0.120. The Morgan fingerprint density at radius 2 is 2.10 bits per heavy atom. The molecule has 2 N–H and O–H groups in total. The highest BCUT2D eigenvalue weighted by Crippen LogP contribution is 2.16. The summed E-state index contributed by atoms with van der Waals surface area (Å²) in [4.78, 5) is 36.8. The largest absolute Gasteiger partial charge is 0.357 e. The van der Waals surface area contributed by atoms with Gasteiger partial charge in [0.05, 0.1) is 24.0 Å². The SMILES string of the molecule is CCNC(=NCCNC(=O)c1cccnc1)N1CCN(c2cnn(C)c2)C(=O)C1.I. The molecule has 162 valence electrons. The topological polar surface area (TPSA) is 108 Å². The second-order valence-electron chi connectivity index (χ2n) is 6.57. The van der Waals surface area contributed by atoms with Crippen LogP contribution in [0, 0.1) is 0 Å². The van der Waals surface area contributed by atoms with Crippen molar-refractivity contribution in [3.05, 3.63) is 42.5 Å². The van der Waals surface area contributed by atoms with Gasteiger partial charge in [-0.15, -0.1) is 24.0 Å². The molecule has 0 aromatic carbocycles. The van der Waals surface area contributed by atoms with E-state index in [1.165, 1.54) is 6.20 Å². The van der Waals surface area contributed by atoms with Crippen molar-refractivity contribution in [2.45, 2.75) is 6.92 Å². The van der Waals surface area contributed by atoms with E-state index >= 15 is 0 Å². The van der Waals surface area contributed by atoms with Gasteiger partial charge in [0.15, 0.2) is 5.96 Å². The number of nitrogens with one attached hydrogen (secondary N) is 2. The van der Waals surface area contributed by atoms with Crippen LogP contribution < -0.4 is 15.5 Å². The van der Waals surface area contributed by atoms with E-state index in [0.29, 0.717) is 44.2 Å². The average Bonchev–Trinajstić information content (AvgIpc) is 3.16. The molecular weight excluding hydrogens is 499 g/mol. The van der Waals surface area contributed by atoms with Crippen LogP contribution in [0.15, 0.2) is 41.9 Å². The van der Waals surface area contributed by atoms with Crippen LogP contribution in [0.2, 0.25) is 0 Å². The van der Waals surface area contributed by atoms with Gasteiger partial charge in [0.2, 0.25) is 5.91 Å². The lowest BCUT2D eigenvalue weighted by Gasteiger charge is -2.35. The molecular formula is C19H27IN8O2. The molecule has 0 bridgehead atoms. The van der Waals surface area contributed by atoms with E-state index in [1.54, 1.807) is 34.1 Å². The number of guanidine groups is 1. The summed E-state index contributed by atoms with van der Waals surface area (Å²) in [5.41, 5.74) is 1.32. The number of amides is 2. The number of aromatic nitrogens is 3. The first-order valence-corrected chi connectivity index (χ1v) is 9.59. The number of hydrogen-bond acceptors (Lipinski definition) is 5. The van der Waals surface area contributed by atoms with E-state index in [2.05, 4.69) is 25.7 Å². The highest BCUT2D eigenvalue weighted by Gasteiger charge is 2.27. The van der Waals surface area contributed by atoms with Gasteiger partial charge in [-0.25, -0.2) is 0 Å². The van der Waals surface area contributed by atoms with Crippen LogP contribution in [0.3, 0.4) is 0 Å². The van der Waals surface area contributed by atoms with Gasteiger partial charge in [0.1, 0.15) is 6.54 Å². The summed E-state index contributed by atoms with van der Waals surface area (Å²) < 4.78 is 1.68. The van der Waals surface area contributed by atoms with Crippen LogP contribution in [-0.4, -0.2) is 76.7 Å². The molecule has 2 aromatic rings. The first-order chi connectivity index (χ1) is 14.1. The Morgan fingerprint density at radius 3 is 2.73 bits per heavy atom. The minimum absolute atomic E-state index is 0. The maximum Gasteiger partial charge on any atom is 0.252 e. The zero-order valence-corrected chi connectivity index (χ0v) is 19.4. The summed E-state index contributed by atoms with van der Waals surface area (Å²) in [6.07, 6.45) is 6.67. The van der Waals surface area contributed by atoms with Crippen molar-refractivity contribution in [3.63, 3.8) is 0 Å². The molecule has 2 amide bonds. The van der Waals surface area contributed by atoms with Gasteiger partial charge < -0.3 is 20.4 Å². The van der Waals surface area contributed by atoms with Crippen LogP contribution >= 0.6 is 24.0 Å². The minimum atomic E-state index is -0.182. The number of hydrogen-bond donors (Lipinski definition) is 2. The van der Waals surface area contributed by atoms with Crippen molar-refractivity contribution in [1.29, 1.82) is 0 Å². The first-order valence-electron chi connectivity index (χ1n) is 9.59. The fraction of sp³-hybridized carbons (Fsp3) is 0.421. The number of halogens is 1. The van der Waals surface area contributed by atoms with Crippen molar-refractivity contribution < 1.29 is 9.59 Å². The zero-order valence-electron chi connectivity index (χ0n) is 17.1. The number of carbonyl (C=O) groups excluding carboxylic acids is 2. The average molecular weight is 526 g/mol. The molecule has 0 aliphatic carbocycles. The Labute approximate surface area is 192 Å². The third-order valence-electron chi connectivity index (χ3n) is 4.44. The molecule has 0 atom stereocenters. The van der Waals surface area contributed by atoms with E-state index < -0.39 is 0 Å². The summed E-state index contributed by atoms with van der Waals surface area (Å²) in [7, 11) is 1.83. The number of rotatable bonds is 6. The highest BCUT2D eigenvalue weighted by molar-refractivity contribution is 14.0. The zero-order chi connectivity index (χ0) is 20.6. The molecule has 30 heavy (non-hydrogen) atoms. The van der Waals surface area contributed by atoms with Gasteiger partial charge >= 0.3 is 0 Å². The monoisotopic (exact) mass is 526 g/mol. The third-order valence-corrected chi connectivity index (χ3v) is 4.44. The van der Waals surface area contributed by atoms with Crippen molar-refractivity contribution in [2.75, 3.05) is 44.2 Å². The number of aliphatic imine (C=N–C) groups is 1. The van der Waals surface area contributed by atoms with Crippen LogP contribution in [-0.2, 0) is 11.8 Å². The van der Waals surface area contributed by atoms with E-state index in [1.807, 2.05) is 25.1 Å². The van der Waals surface area contributed by atoms with E-state index in [4.69, 9.17) is 0 Å². The van der Waals surface area contributed by atoms with Gasteiger partial charge in [-0.2, -0.15) is 5.10 Å². The molecule has 2 aromatic heterocycles. The Balaban J connectivity index is 0.00000320. The predicted molar refractivity (Wildman–Crippen MR) is 125 cm³/mol. The number of nitrogens with zero attached hydrogens (tertiary/aromatic N) is 6. The highest BCUT2D eigenvalue weighted by atomic mass is 127. The second-order valence-corrected chi connectivity index (χ2v) is 6.57. The molecule has 1 fully saturated rings. The van der Waals surface area contributed by atoms with Crippen molar-refractivity contribution in [1.82, 2.24) is 30.3 Å². The van der Waals surface area contributed by atoms with Crippen LogP contribution in [0.4, 0.5) is 5.69 Å².